The minimum atomic E-state index is -0.324. The van der Waals surface area contributed by atoms with Crippen LogP contribution in [0.5, 0.6) is 0 Å². The molecule has 24 heavy (non-hydrogen) atoms. The number of nitrogens with one attached hydrogen (secondary N) is 1. The second-order valence-electron chi connectivity index (χ2n) is 5.93. The minimum absolute atomic E-state index is 0.119. The first-order valence-electron chi connectivity index (χ1n) is 8.15. The molecule has 1 amide bonds. The molecule has 1 atom stereocenters. The topological polar surface area (TPSA) is 72.7 Å². The fraction of sp³-hybridized carbons (Fsp3) is 0.500. The first-order valence-corrected chi connectivity index (χ1v) is 9.41. The predicted molar refractivity (Wildman–Crippen MR) is 95.3 cm³/mol. The number of para-hydroxylation sites is 1. The van der Waals surface area contributed by atoms with Crippen molar-refractivity contribution >= 4 is 35.0 Å². The molecule has 0 aliphatic heterocycles. The van der Waals surface area contributed by atoms with E-state index in [1.807, 2.05) is 23.7 Å². The molecule has 1 unspecified atom stereocenters. The number of aromatic nitrogens is 4. The zero-order valence-electron chi connectivity index (χ0n) is 13.5. The molecule has 3 rings (SSSR count). The third-order valence-corrected chi connectivity index (χ3v) is 5.54. The quantitative estimate of drug-likeness (QED) is 0.812. The number of tetrazole rings is 1. The smallest absolute Gasteiger partial charge is 0.237 e. The fourth-order valence-corrected chi connectivity index (χ4v) is 3.87. The fourth-order valence-electron chi connectivity index (χ4n) is 2.83. The summed E-state index contributed by atoms with van der Waals surface area (Å²) in [5, 5.41) is 15.8. The summed E-state index contributed by atoms with van der Waals surface area (Å²) in [7, 11) is 0. The van der Waals surface area contributed by atoms with Crippen LogP contribution in [0.25, 0.3) is 0 Å². The Labute approximate surface area is 150 Å². The highest BCUT2D eigenvalue weighted by Gasteiger charge is 2.24. The summed E-state index contributed by atoms with van der Waals surface area (Å²) in [5.74, 6) is -0.119. The van der Waals surface area contributed by atoms with Crippen molar-refractivity contribution in [2.45, 2.75) is 55.5 Å². The third kappa shape index (κ3) is 4.08. The van der Waals surface area contributed by atoms with E-state index < -0.39 is 0 Å². The van der Waals surface area contributed by atoms with Crippen molar-refractivity contribution in [1.29, 1.82) is 0 Å². The molecule has 1 saturated carbocycles. The lowest BCUT2D eigenvalue weighted by Gasteiger charge is -2.22. The Bertz CT molecular complexity index is 701. The van der Waals surface area contributed by atoms with Crippen LogP contribution in [-0.4, -0.2) is 31.4 Å². The molecule has 1 aromatic carbocycles. The third-order valence-electron chi connectivity index (χ3n) is 4.17. The summed E-state index contributed by atoms with van der Waals surface area (Å²) in [5.41, 5.74) is 0.614. The van der Waals surface area contributed by atoms with Gasteiger partial charge in [-0.3, -0.25) is 4.79 Å². The Morgan fingerprint density at radius 1 is 1.33 bits per heavy atom. The number of rotatable bonds is 5. The number of nitrogens with zero attached hydrogens (tertiary/aromatic N) is 4. The second kappa shape index (κ2) is 7.98. The monoisotopic (exact) mass is 365 g/mol. The van der Waals surface area contributed by atoms with Crippen molar-refractivity contribution in [1.82, 2.24) is 20.2 Å². The molecule has 6 nitrogen and oxygen atoms in total. The van der Waals surface area contributed by atoms with Crippen LogP contribution >= 0.6 is 23.4 Å². The number of hydrogen-bond acceptors (Lipinski definition) is 5. The van der Waals surface area contributed by atoms with Gasteiger partial charge in [0.1, 0.15) is 0 Å². The van der Waals surface area contributed by atoms with E-state index in [0.717, 1.165) is 12.8 Å². The minimum Gasteiger partial charge on any atom is -0.324 e. The molecule has 0 radical (unpaired) electrons. The Balaban J connectivity index is 1.64. The Kier molecular flexibility index (Phi) is 5.73. The van der Waals surface area contributed by atoms with Crippen molar-refractivity contribution in [3.63, 3.8) is 0 Å². The highest BCUT2D eigenvalue weighted by molar-refractivity contribution is 8.00. The average molecular weight is 366 g/mol. The number of benzene rings is 1. The van der Waals surface area contributed by atoms with Gasteiger partial charge < -0.3 is 5.32 Å². The van der Waals surface area contributed by atoms with Crippen molar-refractivity contribution in [3.05, 3.63) is 29.3 Å². The number of anilines is 1. The van der Waals surface area contributed by atoms with Crippen LogP contribution < -0.4 is 5.32 Å². The molecule has 0 bridgehead atoms. The van der Waals surface area contributed by atoms with Gasteiger partial charge in [-0.1, -0.05) is 54.8 Å². The average Bonchev–Trinajstić information content (AvgIpc) is 3.05. The van der Waals surface area contributed by atoms with Crippen LogP contribution in [0.4, 0.5) is 5.69 Å². The number of hydrogen-bond donors (Lipinski definition) is 1. The van der Waals surface area contributed by atoms with Crippen LogP contribution in [0.3, 0.4) is 0 Å². The first-order chi connectivity index (χ1) is 11.6. The normalized spacial score (nSPS) is 16.8. The van der Waals surface area contributed by atoms with Crippen molar-refractivity contribution in [3.8, 4) is 0 Å². The van der Waals surface area contributed by atoms with E-state index >= 15 is 0 Å². The van der Waals surface area contributed by atoms with E-state index in [-0.39, 0.29) is 11.2 Å². The van der Waals surface area contributed by atoms with Crippen molar-refractivity contribution in [2.24, 2.45) is 0 Å². The molecule has 1 N–H and O–H groups in total. The summed E-state index contributed by atoms with van der Waals surface area (Å²) in [6, 6.07) is 7.54. The number of amides is 1. The van der Waals surface area contributed by atoms with Gasteiger partial charge in [-0.2, -0.15) is 0 Å². The summed E-state index contributed by atoms with van der Waals surface area (Å²) < 4.78 is 1.88. The molecule has 0 saturated heterocycles. The van der Waals surface area contributed by atoms with Crippen LogP contribution in [0.1, 0.15) is 45.1 Å². The number of carbonyl (C=O) groups is 1. The Morgan fingerprint density at radius 2 is 2.08 bits per heavy atom. The zero-order chi connectivity index (χ0) is 16.9. The molecule has 1 aliphatic rings. The summed E-state index contributed by atoms with van der Waals surface area (Å²) in [4.78, 5) is 12.4. The number of thioether (sulfide) groups is 1. The molecule has 2 aromatic rings. The van der Waals surface area contributed by atoms with Gasteiger partial charge >= 0.3 is 0 Å². The number of carbonyl (C=O) groups excluding carboxylic acids is 1. The molecule has 1 aromatic heterocycles. The van der Waals surface area contributed by atoms with Crippen molar-refractivity contribution in [2.75, 3.05) is 5.32 Å². The van der Waals surface area contributed by atoms with Crippen LogP contribution in [0.2, 0.25) is 5.02 Å². The van der Waals surface area contributed by atoms with Gasteiger partial charge in [-0.15, -0.1) is 5.10 Å². The van der Waals surface area contributed by atoms with Crippen LogP contribution in [-0.2, 0) is 4.79 Å². The molecular weight excluding hydrogens is 346 g/mol. The number of halogens is 1. The lowest BCUT2D eigenvalue weighted by atomic mass is 9.96. The van der Waals surface area contributed by atoms with Gasteiger partial charge in [0, 0.05) is 0 Å². The van der Waals surface area contributed by atoms with Gasteiger partial charge in [0.25, 0.3) is 0 Å². The molecule has 8 heteroatoms. The Hall–Kier alpha value is -1.60. The summed E-state index contributed by atoms with van der Waals surface area (Å²) >= 11 is 7.46. The highest BCUT2D eigenvalue weighted by atomic mass is 35.5. The van der Waals surface area contributed by atoms with Crippen LogP contribution in [0, 0.1) is 0 Å². The molecule has 128 valence electrons. The molecular formula is C16H20ClN5OS. The van der Waals surface area contributed by atoms with Crippen molar-refractivity contribution < 1.29 is 4.79 Å². The van der Waals surface area contributed by atoms with E-state index in [1.165, 1.54) is 31.0 Å². The molecule has 1 heterocycles. The predicted octanol–water partition coefficient (Wildman–Crippen LogP) is 3.95. The zero-order valence-corrected chi connectivity index (χ0v) is 15.1. The van der Waals surface area contributed by atoms with E-state index in [4.69, 9.17) is 11.6 Å². The van der Waals surface area contributed by atoms with Gasteiger partial charge in [-0.05, 0) is 42.3 Å². The van der Waals surface area contributed by atoms with Gasteiger partial charge in [0.2, 0.25) is 11.1 Å². The summed E-state index contributed by atoms with van der Waals surface area (Å²) in [6.07, 6.45) is 5.88. The molecule has 0 spiro atoms. The second-order valence-corrected chi connectivity index (χ2v) is 7.64. The van der Waals surface area contributed by atoms with E-state index in [1.54, 1.807) is 12.1 Å². The Morgan fingerprint density at radius 3 is 2.83 bits per heavy atom. The SMILES string of the molecule is CC(Sc1nnnn1C1CCCCC1)C(=O)Nc1ccccc1Cl. The maximum Gasteiger partial charge on any atom is 0.237 e. The lowest BCUT2D eigenvalue weighted by Crippen LogP contribution is -2.23. The largest absolute Gasteiger partial charge is 0.324 e. The maximum absolute atomic E-state index is 12.4. The molecule has 1 fully saturated rings. The highest BCUT2D eigenvalue weighted by Crippen LogP contribution is 2.31. The van der Waals surface area contributed by atoms with Gasteiger partial charge in [-0.25, -0.2) is 4.68 Å². The first kappa shape index (κ1) is 17.2. The van der Waals surface area contributed by atoms with E-state index in [0.29, 0.717) is 21.9 Å². The van der Waals surface area contributed by atoms with Crippen LogP contribution in [0.15, 0.2) is 29.4 Å². The maximum atomic E-state index is 12.4. The van der Waals surface area contributed by atoms with E-state index in [9.17, 15) is 4.79 Å². The van der Waals surface area contributed by atoms with Gasteiger partial charge in [0.15, 0.2) is 0 Å². The standard InChI is InChI=1S/C16H20ClN5OS/c1-11(15(23)18-14-10-6-5-9-13(14)17)24-16-19-20-21-22(16)12-7-3-2-4-8-12/h5-6,9-12H,2-4,7-8H2,1H3,(H,18,23). The van der Waals surface area contributed by atoms with E-state index in [2.05, 4.69) is 20.8 Å². The lowest BCUT2D eigenvalue weighted by molar-refractivity contribution is -0.115. The van der Waals surface area contributed by atoms with Gasteiger partial charge in [0.05, 0.1) is 22.0 Å². The summed E-state index contributed by atoms with van der Waals surface area (Å²) in [6.45, 7) is 1.84. The molecule has 1 aliphatic carbocycles.